The monoisotopic (exact) mass is 384 g/mol. The minimum Gasteiger partial charge on any atom is -0.363 e. The summed E-state index contributed by atoms with van der Waals surface area (Å²) in [5, 5.41) is 17.1. The Balaban J connectivity index is 1.49. The van der Waals surface area contributed by atoms with Gasteiger partial charge in [-0.3, -0.25) is 14.9 Å². The predicted octanol–water partition coefficient (Wildman–Crippen LogP) is 2.60. The van der Waals surface area contributed by atoms with Crippen molar-refractivity contribution in [1.82, 2.24) is 15.3 Å². The summed E-state index contributed by atoms with van der Waals surface area (Å²) < 4.78 is 0. The molecule has 1 saturated carbocycles. The van der Waals surface area contributed by atoms with Crippen LogP contribution in [-0.2, 0) is 0 Å². The lowest BCUT2D eigenvalue weighted by Gasteiger charge is -2.29. The van der Waals surface area contributed by atoms with Crippen LogP contribution in [0, 0.1) is 10.1 Å². The van der Waals surface area contributed by atoms with Gasteiger partial charge in [0.2, 0.25) is 5.95 Å². The van der Waals surface area contributed by atoms with Gasteiger partial charge in [0.1, 0.15) is 5.82 Å². The fourth-order valence-corrected chi connectivity index (χ4v) is 3.24. The highest BCUT2D eigenvalue weighted by Crippen LogP contribution is 2.22. The molecule has 1 aliphatic rings. The Labute approximate surface area is 163 Å². The van der Waals surface area contributed by atoms with Crippen LogP contribution in [0.15, 0.2) is 36.5 Å². The number of nitro benzene ring substituents is 1. The van der Waals surface area contributed by atoms with Crippen LogP contribution in [0.2, 0.25) is 0 Å². The van der Waals surface area contributed by atoms with E-state index in [-0.39, 0.29) is 23.7 Å². The quantitative estimate of drug-likeness (QED) is 0.581. The van der Waals surface area contributed by atoms with Gasteiger partial charge in [0.05, 0.1) is 4.92 Å². The van der Waals surface area contributed by atoms with Gasteiger partial charge in [-0.15, -0.1) is 0 Å². The number of benzene rings is 1. The summed E-state index contributed by atoms with van der Waals surface area (Å²) in [6.45, 7) is 0. The number of rotatable bonds is 6. The molecule has 0 unspecified atom stereocenters. The van der Waals surface area contributed by atoms with Crippen molar-refractivity contribution in [2.45, 2.75) is 37.8 Å². The van der Waals surface area contributed by atoms with Gasteiger partial charge < -0.3 is 15.5 Å². The molecule has 1 aliphatic carbocycles. The van der Waals surface area contributed by atoms with Gasteiger partial charge in [-0.2, -0.15) is 4.98 Å². The number of nitrogens with zero attached hydrogens (tertiary/aromatic N) is 4. The number of nitrogens with one attached hydrogen (secondary N) is 2. The van der Waals surface area contributed by atoms with E-state index in [1.807, 2.05) is 25.1 Å². The minimum atomic E-state index is -0.478. The fraction of sp³-hybridized carbons (Fsp3) is 0.421. The van der Waals surface area contributed by atoms with Crippen LogP contribution >= 0.6 is 0 Å². The number of carbonyl (C=O) groups excluding carboxylic acids is 1. The highest BCUT2D eigenvalue weighted by molar-refractivity contribution is 5.94. The molecule has 28 heavy (non-hydrogen) atoms. The van der Waals surface area contributed by atoms with E-state index >= 15 is 0 Å². The van der Waals surface area contributed by atoms with Crippen LogP contribution < -0.4 is 15.5 Å². The number of hydrogen-bond acceptors (Lipinski definition) is 7. The van der Waals surface area contributed by atoms with Gasteiger partial charge >= 0.3 is 0 Å². The van der Waals surface area contributed by atoms with Crippen molar-refractivity contribution < 1.29 is 9.72 Å². The van der Waals surface area contributed by atoms with Gasteiger partial charge in [-0.1, -0.05) is 0 Å². The molecule has 148 valence electrons. The molecule has 0 radical (unpaired) electrons. The molecular formula is C19H24N6O3. The zero-order valence-electron chi connectivity index (χ0n) is 16.0. The lowest BCUT2D eigenvalue weighted by Crippen LogP contribution is -2.40. The molecule has 1 aromatic carbocycles. The van der Waals surface area contributed by atoms with E-state index in [2.05, 4.69) is 20.6 Å². The molecule has 0 bridgehead atoms. The molecule has 1 amide bonds. The first-order valence-corrected chi connectivity index (χ1v) is 9.24. The maximum atomic E-state index is 12.3. The van der Waals surface area contributed by atoms with E-state index in [1.165, 1.54) is 24.3 Å². The number of amides is 1. The summed E-state index contributed by atoms with van der Waals surface area (Å²) >= 11 is 0. The Morgan fingerprint density at radius 1 is 1.11 bits per heavy atom. The van der Waals surface area contributed by atoms with Crippen LogP contribution in [0.25, 0.3) is 0 Å². The van der Waals surface area contributed by atoms with Gasteiger partial charge in [0.15, 0.2) is 0 Å². The van der Waals surface area contributed by atoms with E-state index in [4.69, 9.17) is 0 Å². The fourth-order valence-electron chi connectivity index (χ4n) is 3.24. The Morgan fingerprint density at radius 3 is 2.36 bits per heavy atom. The number of hydrogen-bond donors (Lipinski definition) is 2. The van der Waals surface area contributed by atoms with Crippen molar-refractivity contribution in [3.05, 3.63) is 52.2 Å². The van der Waals surface area contributed by atoms with Crippen LogP contribution in [0.1, 0.15) is 36.0 Å². The Bertz CT molecular complexity index is 832. The summed E-state index contributed by atoms with van der Waals surface area (Å²) in [6.07, 6.45) is 5.25. The predicted molar refractivity (Wildman–Crippen MR) is 107 cm³/mol. The zero-order chi connectivity index (χ0) is 20.1. The number of carbonyl (C=O) groups is 1. The average molecular weight is 384 g/mol. The molecule has 0 aliphatic heterocycles. The number of nitro groups is 1. The van der Waals surface area contributed by atoms with Crippen molar-refractivity contribution in [2.75, 3.05) is 24.3 Å². The van der Waals surface area contributed by atoms with Gasteiger partial charge in [0.25, 0.3) is 11.6 Å². The zero-order valence-corrected chi connectivity index (χ0v) is 16.0. The third-order valence-corrected chi connectivity index (χ3v) is 4.84. The molecule has 9 nitrogen and oxygen atoms in total. The summed E-state index contributed by atoms with van der Waals surface area (Å²) in [4.78, 5) is 33.3. The highest BCUT2D eigenvalue weighted by atomic mass is 16.6. The van der Waals surface area contributed by atoms with Crippen LogP contribution in [0.3, 0.4) is 0 Å². The molecule has 0 spiro atoms. The topological polar surface area (TPSA) is 113 Å². The Kier molecular flexibility index (Phi) is 6.03. The maximum absolute atomic E-state index is 12.3. The molecule has 1 aromatic heterocycles. The second-order valence-electron chi connectivity index (χ2n) is 7.10. The SMILES string of the molecule is CN(C)c1ccnc(N[C@H]2CC[C@@H](NC(=O)c3ccc([N+](=O)[O-])cc3)CC2)n1. The first-order chi connectivity index (χ1) is 13.4. The second kappa shape index (κ2) is 8.64. The summed E-state index contributed by atoms with van der Waals surface area (Å²) in [5.41, 5.74) is 0.406. The molecule has 0 saturated heterocycles. The summed E-state index contributed by atoms with van der Waals surface area (Å²) in [6, 6.07) is 7.87. The molecule has 1 fully saturated rings. The van der Waals surface area contributed by atoms with E-state index in [1.54, 1.807) is 6.20 Å². The van der Waals surface area contributed by atoms with Gasteiger partial charge in [-0.05, 0) is 43.9 Å². The molecule has 0 atom stereocenters. The Morgan fingerprint density at radius 2 is 1.75 bits per heavy atom. The smallest absolute Gasteiger partial charge is 0.269 e. The second-order valence-corrected chi connectivity index (χ2v) is 7.10. The Hall–Kier alpha value is -3.23. The van der Waals surface area contributed by atoms with E-state index < -0.39 is 4.92 Å². The van der Waals surface area contributed by atoms with Gasteiger partial charge in [0, 0.05) is 50.1 Å². The normalized spacial score (nSPS) is 18.9. The van der Waals surface area contributed by atoms with Crippen molar-refractivity contribution >= 4 is 23.4 Å². The third kappa shape index (κ3) is 4.93. The van der Waals surface area contributed by atoms with Crippen molar-refractivity contribution in [1.29, 1.82) is 0 Å². The van der Waals surface area contributed by atoms with Crippen molar-refractivity contribution in [2.24, 2.45) is 0 Å². The van der Waals surface area contributed by atoms with Crippen molar-refractivity contribution in [3.8, 4) is 0 Å². The van der Waals surface area contributed by atoms with Crippen molar-refractivity contribution in [3.63, 3.8) is 0 Å². The highest BCUT2D eigenvalue weighted by Gasteiger charge is 2.23. The van der Waals surface area contributed by atoms with Crippen LogP contribution in [-0.4, -0.2) is 47.0 Å². The summed E-state index contributed by atoms with van der Waals surface area (Å²) in [5.74, 6) is 1.26. The lowest BCUT2D eigenvalue weighted by molar-refractivity contribution is -0.384. The molecule has 3 rings (SSSR count). The van der Waals surface area contributed by atoms with E-state index in [9.17, 15) is 14.9 Å². The first kappa shape index (κ1) is 19.5. The van der Waals surface area contributed by atoms with Crippen LogP contribution in [0.4, 0.5) is 17.5 Å². The third-order valence-electron chi connectivity index (χ3n) is 4.84. The lowest BCUT2D eigenvalue weighted by atomic mass is 9.91. The standard InChI is InChI=1S/C19H24N6O3/c1-24(2)17-11-12-20-19(23-17)22-15-7-5-14(6-8-15)21-18(26)13-3-9-16(10-4-13)25(27)28/h3-4,9-12,14-15H,5-8H2,1-2H3,(H,21,26)(H,20,22,23)/t14-,15+. The van der Waals surface area contributed by atoms with Crippen LogP contribution in [0.5, 0.6) is 0 Å². The number of anilines is 2. The number of aromatic nitrogens is 2. The summed E-state index contributed by atoms with van der Waals surface area (Å²) in [7, 11) is 3.87. The maximum Gasteiger partial charge on any atom is 0.269 e. The largest absolute Gasteiger partial charge is 0.363 e. The van der Waals surface area contributed by atoms with Gasteiger partial charge in [-0.25, -0.2) is 4.98 Å². The first-order valence-electron chi connectivity index (χ1n) is 9.24. The molecule has 1 heterocycles. The molecular weight excluding hydrogens is 360 g/mol. The molecule has 9 heteroatoms. The molecule has 2 aromatic rings. The van der Waals surface area contributed by atoms with E-state index in [0.29, 0.717) is 11.5 Å². The average Bonchev–Trinajstić information content (AvgIpc) is 2.69. The van der Waals surface area contributed by atoms with E-state index in [0.717, 1.165) is 31.5 Å². The number of non-ortho nitro benzene ring substituents is 1. The minimum absolute atomic E-state index is 0.0244. The molecule has 2 N–H and O–H groups in total.